The molecule has 2 saturated heterocycles. The molecule has 3 aliphatic rings. The molecule has 1 aliphatic carbocycles. The molecule has 0 unspecified atom stereocenters. The Kier molecular flexibility index (Phi) is 3.72. The van der Waals surface area contributed by atoms with Gasteiger partial charge in [0.05, 0.1) is 0 Å². The van der Waals surface area contributed by atoms with Gasteiger partial charge in [-0.05, 0) is 70.1 Å². The van der Waals surface area contributed by atoms with Gasteiger partial charge in [0.25, 0.3) is 0 Å². The van der Waals surface area contributed by atoms with E-state index in [1.165, 1.54) is 84.0 Å². The molecule has 3 fully saturated rings. The average Bonchev–Trinajstić information content (AvgIpc) is 2.42. The first-order valence-corrected chi connectivity index (χ1v) is 7.83. The van der Waals surface area contributed by atoms with Crippen molar-refractivity contribution in [1.29, 1.82) is 0 Å². The van der Waals surface area contributed by atoms with Crippen molar-refractivity contribution in [2.45, 2.75) is 63.8 Å². The summed E-state index contributed by atoms with van der Waals surface area (Å²) >= 11 is 0. The maximum absolute atomic E-state index is 3.48. The summed E-state index contributed by atoms with van der Waals surface area (Å²) in [6.07, 6.45) is 13.3. The van der Waals surface area contributed by atoms with Crippen molar-refractivity contribution in [2.75, 3.05) is 26.2 Å². The first-order valence-electron chi connectivity index (χ1n) is 7.83. The molecule has 0 aromatic heterocycles. The predicted molar refractivity (Wildman–Crippen MR) is 72.2 cm³/mol. The van der Waals surface area contributed by atoms with Crippen LogP contribution in [0.4, 0.5) is 0 Å². The molecule has 3 rings (SSSR count). The van der Waals surface area contributed by atoms with Gasteiger partial charge in [-0.15, -0.1) is 0 Å². The number of likely N-dealkylation sites (tertiary alicyclic amines) is 1. The molecular formula is C15H28N2. The Hall–Kier alpha value is -0.0800. The third-order valence-electron chi connectivity index (χ3n) is 5.60. The van der Waals surface area contributed by atoms with E-state index >= 15 is 0 Å². The largest absolute Gasteiger partial charge is 0.317 e. The summed E-state index contributed by atoms with van der Waals surface area (Å²) in [5.74, 6) is 0. The number of hydrogen-bond donors (Lipinski definition) is 1. The van der Waals surface area contributed by atoms with Gasteiger partial charge in [-0.25, -0.2) is 0 Å². The molecule has 2 aliphatic heterocycles. The van der Waals surface area contributed by atoms with Gasteiger partial charge in [-0.2, -0.15) is 0 Å². The maximum atomic E-state index is 3.48. The first-order chi connectivity index (χ1) is 8.38. The topological polar surface area (TPSA) is 15.3 Å². The molecule has 1 saturated carbocycles. The lowest BCUT2D eigenvalue weighted by Crippen LogP contribution is -2.49. The number of hydrogen-bond acceptors (Lipinski definition) is 2. The van der Waals surface area contributed by atoms with E-state index in [9.17, 15) is 0 Å². The van der Waals surface area contributed by atoms with E-state index in [0.717, 1.165) is 11.5 Å². The Labute approximate surface area is 106 Å². The number of rotatable bonds is 1. The van der Waals surface area contributed by atoms with Crippen LogP contribution in [-0.2, 0) is 0 Å². The van der Waals surface area contributed by atoms with E-state index in [0.29, 0.717) is 0 Å². The molecule has 1 spiro atoms. The summed E-state index contributed by atoms with van der Waals surface area (Å²) in [4.78, 5) is 2.81. The van der Waals surface area contributed by atoms with Crippen molar-refractivity contribution in [3.05, 3.63) is 0 Å². The molecule has 0 radical (unpaired) electrons. The standard InChI is InChI=1S/C15H28N2/c1-2-6-15(7-3-1)8-12-17(13-9-15)14-4-10-16-11-5-14/h14,16H,1-13H2. The minimum Gasteiger partial charge on any atom is -0.317 e. The van der Waals surface area contributed by atoms with E-state index in [4.69, 9.17) is 0 Å². The predicted octanol–water partition coefficient (Wildman–Crippen LogP) is 2.78. The van der Waals surface area contributed by atoms with Crippen LogP contribution in [0.25, 0.3) is 0 Å². The molecule has 0 atom stereocenters. The highest BCUT2D eigenvalue weighted by Crippen LogP contribution is 2.44. The zero-order chi connectivity index (χ0) is 11.6. The molecule has 2 heterocycles. The summed E-state index contributed by atoms with van der Waals surface area (Å²) in [6.45, 7) is 5.27. The van der Waals surface area contributed by atoms with Gasteiger partial charge in [-0.1, -0.05) is 19.3 Å². The van der Waals surface area contributed by atoms with Gasteiger partial charge in [0.2, 0.25) is 0 Å². The highest BCUT2D eigenvalue weighted by Gasteiger charge is 2.37. The molecule has 0 aromatic rings. The molecular weight excluding hydrogens is 208 g/mol. The van der Waals surface area contributed by atoms with Crippen LogP contribution >= 0.6 is 0 Å². The summed E-state index contributed by atoms with van der Waals surface area (Å²) in [6, 6.07) is 0.900. The summed E-state index contributed by atoms with van der Waals surface area (Å²) in [5, 5.41) is 3.48. The third-order valence-corrected chi connectivity index (χ3v) is 5.60. The van der Waals surface area contributed by atoms with Crippen molar-refractivity contribution in [3.8, 4) is 0 Å². The second kappa shape index (κ2) is 5.27. The Balaban J connectivity index is 1.52. The van der Waals surface area contributed by atoms with Crippen molar-refractivity contribution < 1.29 is 0 Å². The third kappa shape index (κ3) is 2.68. The second-order valence-electron chi connectivity index (χ2n) is 6.58. The van der Waals surface area contributed by atoms with Crippen LogP contribution in [0.1, 0.15) is 57.8 Å². The molecule has 2 heteroatoms. The smallest absolute Gasteiger partial charge is 0.0119 e. The summed E-state index contributed by atoms with van der Waals surface area (Å²) in [7, 11) is 0. The van der Waals surface area contributed by atoms with E-state index in [1.54, 1.807) is 0 Å². The molecule has 0 bridgehead atoms. The van der Waals surface area contributed by atoms with Crippen molar-refractivity contribution in [2.24, 2.45) is 5.41 Å². The van der Waals surface area contributed by atoms with E-state index in [2.05, 4.69) is 10.2 Å². The number of piperidine rings is 2. The molecule has 98 valence electrons. The van der Waals surface area contributed by atoms with Crippen LogP contribution in [0.3, 0.4) is 0 Å². The fourth-order valence-corrected chi connectivity index (χ4v) is 4.34. The maximum Gasteiger partial charge on any atom is 0.0119 e. The van der Waals surface area contributed by atoms with E-state index < -0.39 is 0 Å². The van der Waals surface area contributed by atoms with Crippen LogP contribution in [0, 0.1) is 5.41 Å². The fraction of sp³-hybridized carbons (Fsp3) is 1.00. The first kappa shape index (κ1) is 12.0. The molecule has 2 nitrogen and oxygen atoms in total. The van der Waals surface area contributed by atoms with E-state index in [1.807, 2.05) is 0 Å². The quantitative estimate of drug-likeness (QED) is 0.753. The molecule has 0 amide bonds. The van der Waals surface area contributed by atoms with Crippen molar-refractivity contribution >= 4 is 0 Å². The van der Waals surface area contributed by atoms with Crippen LogP contribution < -0.4 is 5.32 Å². The zero-order valence-electron chi connectivity index (χ0n) is 11.2. The van der Waals surface area contributed by atoms with Gasteiger partial charge in [0.1, 0.15) is 0 Å². The van der Waals surface area contributed by atoms with Crippen LogP contribution in [0.5, 0.6) is 0 Å². The van der Waals surface area contributed by atoms with Gasteiger partial charge < -0.3 is 10.2 Å². The van der Waals surface area contributed by atoms with Crippen molar-refractivity contribution in [1.82, 2.24) is 10.2 Å². The van der Waals surface area contributed by atoms with Gasteiger partial charge in [-0.3, -0.25) is 0 Å². The number of nitrogens with one attached hydrogen (secondary N) is 1. The highest BCUT2D eigenvalue weighted by molar-refractivity contribution is 4.90. The van der Waals surface area contributed by atoms with Crippen molar-refractivity contribution in [3.63, 3.8) is 0 Å². The number of nitrogens with zero attached hydrogens (tertiary/aromatic N) is 1. The minimum absolute atomic E-state index is 0.779. The lowest BCUT2D eigenvalue weighted by Gasteiger charge is -2.47. The van der Waals surface area contributed by atoms with Crippen LogP contribution in [0.2, 0.25) is 0 Å². The Morgan fingerprint density at radius 3 is 2.12 bits per heavy atom. The van der Waals surface area contributed by atoms with Gasteiger partial charge in [0.15, 0.2) is 0 Å². The lowest BCUT2D eigenvalue weighted by atomic mass is 9.68. The van der Waals surface area contributed by atoms with E-state index in [-0.39, 0.29) is 0 Å². The van der Waals surface area contributed by atoms with Crippen LogP contribution in [-0.4, -0.2) is 37.1 Å². The van der Waals surface area contributed by atoms with Gasteiger partial charge >= 0.3 is 0 Å². The Bertz CT molecular complexity index is 229. The monoisotopic (exact) mass is 236 g/mol. The Morgan fingerprint density at radius 2 is 1.47 bits per heavy atom. The normalized spacial score (nSPS) is 31.8. The minimum atomic E-state index is 0.779. The summed E-state index contributed by atoms with van der Waals surface area (Å²) < 4.78 is 0. The SMILES string of the molecule is C1CCC2(CC1)CCN(C1CCNCC1)CC2. The molecule has 0 aromatic carbocycles. The Morgan fingerprint density at radius 1 is 0.824 bits per heavy atom. The summed E-state index contributed by atoms with van der Waals surface area (Å²) in [5.41, 5.74) is 0.779. The second-order valence-corrected chi connectivity index (χ2v) is 6.58. The highest BCUT2D eigenvalue weighted by atomic mass is 15.2. The zero-order valence-corrected chi connectivity index (χ0v) is 11.2. The lowest BCUT2D eigenvalue weighted by molar-refractivity contribution is 0.0371. The molecule has 1 N–H and O–H groups in total. The van der Waals surface area contributed by atoms with Crippen LogP contribution in [0.15, 0.2) is 0 Å². The average molecular weight is 236 g/mol. The van der Waals surface area contributed by atoms with Gasteiger partial charge in [0, 0.05) is 6.04 Å². The fourth-order valence-electron chi connectivity index (χ4n) is 4.34. The molecule has 17 heavy (non-hydrogen) atoms.